The van der Waals surface area contributed by atoms with Gasteiger partial charge in [-0.25, -0.2) is 0 Å². The maximum Gasteiger partial charge on any atom is 0.166 e. The van der Waals surface area contributed by atoms with Crippen LogP contribution in [0.2, 0.25) is 0 Å². The van der Waals surface area contributed by atoms with E-state index in [2.05, 4.69) is 43.6 Å². The van der Waals surface area contributed by atoms with E-state index < -0.39 is 0 Å². The molecular formula is C16H15BrN4OS. The fourth-order valence-corrected chi connectivity index (χ4v) is 3.59. The zero-order chi connectivity index (χ0) is 16.1. The Balaban J connectivity index is 1.64. The highest BCUT2D eigenvalue weighted by molar-refractivity contribution is 9.10. The maximum atomic E-state index is 5.24. The molecule has 7 heteroatoms. The van der Waals surface area contributed by atoms with E-state index in [4.69, 9.17) is 4.74 Å². The van der Waals surface area contributed by atoms with Crippen LogP contribution in [-0.2, 0) is 11.5 Å². The quantitative estimate of drug-likeness (QED) is 0.639. The second-order valence-electron chi connectivity index (χ2n) is 4.80. The molecule has 0 atom stereocenters. The molecule has 3 aromatic rings. The van der Waals surface area contributed by atoms with E-state index >= 15 is 0 Å². The molecule has 118 valence electrons. The van der Waals surface area contributed by atoms with Gasteiger partial charge in [-0.05, 0) is 56.2 Å². The molecule has 1 heterocycles. The highest BCUT2D eigenvalue weighted by atomic mass is 79.9. The first-order valence-corrected chi connectivity index (χ1v) is 8.95. The molecule has 0 spiro atoms. The number of nitrogens with zero attached hydrogens (tertiary/aromatic N) is 4. The average molecular weight is 391 g/mol. The van der Waals surface area contributed by atoms with Gasteiger partial charge in [-0.2, -0.15) is 4.68 Å². The Kier molecular flexibility index (Phi) is 5.30. The van der Waals surface area contributed by atoms with Crippen molar-refractivity contribution in [1.82, 2.24) is 20.2 Å². The standard InChI is InChI=1S/C16H15BrN4OS/c1-22-15-8-7-12(9-14(15)17)10-23-11-16-18-19-20-21(16)13-5-3-2-4-6-13/h2-9H,10-11H2,1H3. The lowest BCUT2D eigenvalue weighted by Crippen LogP contribution is -2.02. The van der Waals surface area contributed by atoms with Crippen LogP contribution in [0.1, 0.15) is 11.4 Å². The summed E-state index contributed by atoms with van der Waals surface area (Å²) in [5.41, 5.74) is 2.20. The zero-order valence-electron chi connectivity index (χ0n) is 12.5. The van der Waals surface area contributed by atoms with Crippen molar-refractivity contribution in [3.8, 4) is 11.4 Å². The minimum atomic E-state index is 0.742. The number of halogens is 1. The largest absolute Gasteiger partial charge is 0.496 e. The molecule has 0 fully saturated rings. The minimum absolute atomic E-state index is 0.742. The molecule has 0 radical (unpaired) electrons. The summed E-state index contributed by atoms with van der Waals surface area (Å²) in [5.74, 6) is 3.30. The van der Waals surface area contributed by atoms with Gasteiger partial charge < -0.3 is 4.74 Å². The molecule has 3 rings (SSSR count). The first-order valence-electron chi connectivity index (χ1n) is 7.01. The normalized spacial score (nSPS) is 10.7. The van der Waals surface area contributed by atoms with Gasteiger partial charge in [-0.1, -0.05) is 24.3 Å². The predicted octanol–water partition coefficient (Wildman–Crippen LogP) is 3.87. The van der Waals surface area contributed by atoms with Crippen molar-refractivity contribution in [2.45, 2.75) is 11.5 Å². The van der Waals surface area contributed by atoms with Gasteiger partial charge >= 0.3 is 0 Å². The Morgan fingerprint density at radius 3 is 2.70 bits per heavy atom. The first-order chi connectivity index (χ1) is 11.3. The summed E-state index contributed by atoms with van der Waals surface area (Å²) in [4.78, 5) is 0. The van der Waals surface area contributed by atoms with Gasteiger partial charge in [0.15, 0.2) is 5.82 Å². The van der Waals surface area contributed by atoms with Crippen molar-refractivity contribution in [3.05, 3.63) is 64.4 Å². The van der Waals surface area contributed by atoms with Crippen molar-refractivity contribution < 1.29 is 4.74 Å². The Morgan fingerprint density at radius 1 is 1.13 bits per heavy atom. The lowest BCUT2D eigenvalue weighted by atomic mass is 10.2. The third-order valence-corrected chi connectivity index (χ3v) is 4.87. The van der Waals surface area contributed by atoms with E-state index in [1.807, 2.05) is 36.4 Å². The number of methoxy groups -OCH3 is 1. The Morgan fingerprint density at radius 2 is 1.96 bits per heavy atom. The van der Waals surface area contributed by atoms with Crippen LogP contribution in [0.25, 0.3) is 5.69 Å². The number of aromatic nitrogens is 4. The SMILES string of the molecule is COc1ccc(CSCc2nnnn2-c2ccccc2)cc1Br. The molecule has 0 aliphatic rings. The van der Waals surface area contributed by atoms with E-state index in [1.54, 1.807) is 23.6 Å². The highest BCUT2D eigenvalue weighted by Gasteiger charge is 2.08. The zero-order valence-corrected chi connectivity index (χ0v) is 14.9. The Hall–Kier alpha value is -1.86. The lowest BCUT2D eigenvalue weighted by molar-refractivity contribution is 0.412. The van der Waals surface area contributed by atoms with Crippen molar-refractivity contribution in [2.75, 3.05) is 7.11 Å². The summed E-state index contributed by atoms with van der Waals surface area (Å²) in [6.45, 7) is 0. The van der Waals surface area contributed by atoms with Crippen LogP contribution >= 0.6 is 27.7 Å². The van der Waals surface area contributed by atoms with Crippen LogP contribution in [-0.4, -0.2) is 27.3 Å². The topological polar surface area (TPSA) is 52.8 Å². The number of thioether (sulfide) groups is 1. The summed E-state index contributed by atoms with van der Waals surface area (Å²) in [6.07, 6.45) is 0. The smallest absolute Gasteiger partial charge is 0.166 e. The maximum absolute atomic E-state index is 5.24. The number of para-hydroxylation sites is 1. The van der Waals surface area contributed by atoms with Crippen molar-refractivity contribution in [1.29, 1.82) is 0 Å². The molecule has 0 saturated heterocycles. The molecular weight excluding hydrogens is 376 g/mol. The molecule has 0 aliphatic heterocycles. The van der Waals surface area contributed by atoms with Crippen LogP contribution in [0.5, 0.6) is 5.75 Å². The summed E-state index contributed by atoms with van der Waals surface area (Å²) in [6, 6.07) is 16.0. The summed E-state index contributed by atoms with van der Waals surface area (Å²) in [7, 11) is 1.66. The molecule has 0 N–H and O–H groups in total. The van der Waals surface area contributed by atoms with Gasteiger partial charge in [-0.3, -0.25) is 0 Å². The molecule has 1 aromatic heterocycles. The van der Waals surface area contributed by atoms with Crippen LogP contribution in [0.3, 0.4) is 0 Å². The summed E-state index contributed by atoms with van der Waals surface area (Å²) in [5, 5.41) is 12.0. The molecule has 2 aromatic carbocycles. The molecule has 23 heavy (non-hydrogen) atoms. The number of hydrogen-bond acceptors (Lipinski definition) is 5. The van der Waals surface area contributed by atoms with Gasteiger partial charge in [0.25, 0.3) is 0 Å². The van der Waals surface area contributed by atoms with Crippen LogP contribution in [0.15, 0.2) is 53.0 Å². The van der Waals surface area contributed by atoms with Gasteiger partial charge in [0.1, 0.15) is 5.75 Å². The lowest BCUT2D eigenvalue weighted by Gasteiger charge is -2.07. The van der Waals surface area contributed by atoms with E-state index in [-0.39, 0.29) is 0 Å². The van der Waals surface area contributed by atoms with Crippen LogP contribution in [0.4, 0.5) is 0 Å². The van der Waals surface area contributed by atoms with Gasteiger partial charge in [-0.15, -0.1) is 16.9 Å². The number of hydrogen-bond donors (Lipinski definition) is 0. The number of benzene rings is 2. The highest BCUT2D eigenvalue weighted by Crippen LogP contribution is 2.27. The van der Waals surface area contributed by atoms with Crippen molar-refractivity contribution >= 4 is 27.7 Å². The third-order valence-electron chi connectivity index (χ3n) is 3.25. The Labute approximate surface area is 147 Å². The molecule has 0 bridgehead atoms. The molecule has 0 aliphatic carbocycles. The van der Waals surface area contributed by atoms with Gasteiger partial charge in [0.2, 0.25) is 0 Å². The third kappa shape index (κ3) is 3.92. The second-order valence-corrected chi connectivity index (χ2v) is 6.64. The Bertz CT molecular complexity index is 779. The van der Waals surface area contributed by atoms with Crippen LogP contribution < -0.4 is 4.74 Å². The minimum Gasteiger partial charge on any atom is -0.496 e. The average Bonchev–Trinajstić information content (AvgIpc) is 3.04. The molecule has 5 nitrogen and oxygen atoms in total. The monoisotopic (exact) mass is 390 g/mol. The fraction of sp³-hybridized carbons (Fsp3) is 0.188. The van der Waals surface area contributed by atoms with E-state index in [9.17, 15) is 0 Å². The van der Waals surface area contributed by atoms with Crippen molar-refractivity contribution in [2.24, 2.45) is 0 Å². The first kappa shape index (κ1) is 16.0. The van der Waals surface area contributed by atoms with Gasteiger partial charge in [0.05, 0.1) is 23.0 Å². The predicted molar refractivity (Wildman–Crippen MR) is 94.8 cm³/mol. The van der Waals surface area contributed by atoms with Crippen LogP contribution in [0, 0.1) is 0 Å². The second kappa shape index (κ2) is 7.61. The fourth-order valence-electron chi connectivity index (χ4n) is 2.13. The number of rotatable bonds is 6. The molecule has 0 unspecified atom stereocenters. The molecule has 0 saturated carbocycles. The molecule has 0 amide bonds. The summed E-state index contributed by atoms with van der Waals surface area (Å²) >= 11 is 5.28. The number of ether oxygens (including phenoxy) is 1. The van der Waals surface area contributed by atoms with E-state index in [1.165, 1.54) is 5.56 Å². The number of tetrazole rings is 1. The van der Waals surface area contributed by atoms with Gasteiger partial charge in [0, 0.05) is 5.75 Å². The van der Waals surface area contributed by atoms with E-state index in [0.29, 0.717) is 0 Å². The summed E-state index contributed by atoms with van der Waals surface area (Å²) < 4.78 is 7.98. The van der Waals surface area contributed by atoms with Crippen molar-refractivity contribution in [3.63, 3.8) is 0 Å². The van der Waals surface area contributed by atoms with E-state index in [0.717, 1.165) is 33.2 Å².